The average Bonchev–Trinajstić information content (AvgIpc) is 2.47. The Morgan fingerprint density at radius 1 is 1.47 bits per heavy atom. The van der Waals surface area contributed by atoms with Gasteiger partial charge in [0.15, 0.2) is 0 Å². The van der Waals surface area contributed by atoms with Gasteiger partial charge < -0.3 is 9.42 Å². The Balaban J connectivity index is 2.74. The van der Waals surface area contributed by atoms with Crippen molar-refractivity contribution in [3.63, 3.8) is 0 Å². The number of amides is 1. The van der Waals surface area contributed by atoms with Gasteiger partial charge in [-0.05, 0) is 13.8 Å². The second-order valence-electron chi connectivity index (χ2n) is 4.15. The molecule has 0 aliphatic rings. The van der Waals surface area contributed by atoms with E-state index in [2.05, 4.69) is 5.16 Å². The van der Waals surface area contributed by atoms with E-state index in [0.29, 0.717) is 6.54 Å². The number of carbonyl (C=O) groups is 1. The van der Waals surface area contributed by atoms with Crippen molar-refractivity contribution in [2.24, 2.45) is 5.92 Å². The van der Waals surface area contributed by atoms with Gasteiger partial charge in [-0.1, -0.05) is 19.0 Å². The molecule has 15 heavy (non-hydrogen) atoms. The molecule has 0 radical (unpaired) electrons. The van der Waals surface area contributed by atoms with Gasteiger partial charge >= 0.3 is 0 Å². The van der Waals surface area contributed by atoms with Gasteiger partial charge in [-0.15, -0.1) is 0 Å². The van der Waals surface area contributed by atoms with E-state index in [9.17, 15) is 4.79 Å². The van der Waals surface area contributed by atoms with Crippen molar-refractivity contribution in [1.82, 2.24) is 10.1 Å². The molecule has 0 unspecified atom stereocenters. The van der Waals surface area contributed by atoms with Crippen LogP contribution in [0.3, 0.4) is 0 Å². The van der Waals surface area contributed by atoms with Crippen molar-refractivity contribution in [3.05, 3.63) is 17.0 Å². The first-order chi connectivity index (χ1) is 6.93. The summed E-state index contributed by atoms with van der Waals surface area (Å²) in [6.07, 6.45) is 0. The van der Waals surface area contributed by atoms with Gasteiger partial charge in [0.25, 0.3) is 0 Å². The highest BCUT2D eigenvalue weighted by molar-refractivity contribution is 5.77. The lowest BCUT2D eigenvalue weighted by molar-refractivity contribution is -0.133. The second kappa shape index (κ2) is 4.47. The minimum atomic E-state index is 0.0236. The summed E-state index contributed by atoms with van der Waals surface area (Å²) < 4.78 is 5.05. The zero-order chi connectivity index (χ0) is 11.6. The van der Waals surface area contributed by atoms with E-state index in [-0.39, 0.29) is 11.8 Å². The minimum absolute atomic E-state index is 0.0236. The predicted octanol–water partition coefficient (Wildman–Crippen LogP) is 1.91. The molecule has 0 aliphatic heterocycles. The van der Waals surface area contributed by atoms with Crippen LogP contribution in [0, 0.1) is 19.8 Å². The number of hydrogen-bond acceptors (Lipinski definition) is 3. The smallest absolute Gasteiger partial charge is 0.225 e. The summed E-state index contributed by atoms with van der Waals surface area (Å²) in [6, 6.07) is 0. The number of aryl methyl sites for hydroxylation is 2. The first kappa shape index (κ1) is 11.8. The summed E-state index contributed by atoms with van der Waals surface area (Å²) in [5.74, 6) is 0.946. The highest BCUT2D eigenvalue weighted by Crippen LogP contribution is 2.15. The maximum Gasteiger partial charge on any atom is 0.225 e. The standard InChI is InChI=1S/C11H18N2O2/c1-7(2)11(14)13(5)6-10-8(3)12-15-9(10)4/h7H,6H2,1-5H3. The SMILES string of the molecule is Cc1noc(C)c1CN(C)C(=O)C(C)C. The summed E-state index contributed by atoms with van der Waals surface area (Å²) in [5, 5.41) is 3.86. The number of carbonyl (C=O) groups excluding carboxylic acids is 1. The number of hydrogen-bond donors (Lipinski definition) is 0. The predicted molar refractivity (Wildman–Crippen MR) is 57.3 cm³/mol. The molecule has 0 aliphatic carbocycles. The van der Waals surface area contributed by atoms with Crippen LogP contribution in [-0.2, 0) is 11.3 Å². The number of nitrogens with zero attached hydrogens (tertiary/aromatic N) is 2. The Labute approximate surface area is 90.2 Å². The molecule has 0 atom stereocenters. The summed E-state index contributed by atoms with van der Waals surface area (Å²) in [6.45, 7) is 8.11. The molecule has 0 bridgehead atoms. The highest BCUT2D eigenvalue weighted by atomic mass is 16.5. The van der Waals surface area contributed by atoms with Crippen molar-refractivity contribution in [3.8, 4) is 0 Å². The van der Waals surface area contributed by atoms with Crippen LogP contribution in [0.25, 0.3) is 0 Å². The van der Waals surface area contributed by atoms with Gasteiger partial charge in [0, 0.05) is 18.5 Å². The van der Waals surface area contributed by atoms with E-state index in [1.54, 1.807) is 11.9 Å². The molecular weight excluding hydrogens is 192 g/mol. The zero-order valence-corrected chi connectivity index (χ0v) is 10.00. The Kier molecular flexibility index (Phi) is 3.50. The first-order valence-electron chi connectivity index (χ1n) is 5.10. The molecule has 84 valence electrons. The molecule has 0 spiro atoms. The van der Waals surface area contributed by atoms with Crippen molar-refractivity contribution >= 4 is 5.91 Å². The van der Waals surface area contributed by atoms with Crippen molar-refractivity contribution in [1.29, 1.82) is 0 Å². The molecule has 1 heterocycles. The van der Waals surface area contributed by atoms with E-state index in [0.717, 1.165) is 17.0 Å². The van der Waals surface area contributed by atoms with Gasteiger partial charge in [0.1, 0.15) is 5.76 Å². The Morgan fingerprint density at radius 3 is 2.47 bits per heavy atom. The molecule has 0 saturated heterocycles. The maximum absolute atomic E-state index is 11.7. The van der Waals surface area contributed by atoms with Crippen molar-refractivity contribution in [2.45, 2.75) is 34.2 Å². The molecule has 0 aromatic carbocycles. The Morgan fingerprint density at radius 2 is 2.07 bits per heavy atom. The molecule has 0 N–H and O–H groups in total. The van der Waals surface area contributed by atoms with Gasteiger partial charge in [-0.25, -0.2) is 0 Å². The number of aromatic nitrogens is 1. The van der Waals surface area contributed by atoms with Crippen molar-refractivity contribution < 1.29 is 9.32 Å². The summed E-state index contributed by atoms with van der Waals surface area (Å²) in [4.78, 5) is 13.4. The lowest BCUT2D eigenvalue weighted by Crippen LogP contribution is -2.30. The van der Waals surface area contributed by atoms with Gasteiger partial charge in [0.2, 0.25) is 5.91 Å². The lowest BCUT2D eigenvalue weighted by Gasteiger charge is -2.19. The quantitative estimate of drug-likeness (QED) is 0.765. The minimum Gasteiger partial charge on any atom is -0.361 e. The van der Waals surface area contributed by atoms with E-state index >= 15 is 0 Å². The Bertz CT molecular complexity index is 336. The van der Waals surface area contributed by atoms with Crippen LogP contribution in [0.1, 0.15) is 30.9 Å². The average molecular weight is 210 g/mol. The molecule has 1 rings (SSSR count). The molecule has 1 aromatic rings. The number of rotatable bonds is 3. The highest BCUT2D eigenvalue weighted by Gasteiger charge is 2.17. The van der Waals surface area contributed by atoms with Crippen LogP contribution in [0.4, 0.5) is 0 Å². The maximum atomic E-state index is 11.7. The zero-order valence-electron chi connectivity index (χ0n) is 10.00. The van der Waals surface area contributed by atoms with Crippen LogP contribution in [-0.4, -0.2) is 23.0 Å². The summed E-state index contributed by atoms with van der Waals surface area (Å²) >= 11 is 0. The third-order valence-electron chi connectivity index (χ3n) is 2.45. The molecule has 4 heteroatoms. The van der Waals surface area contributed by atoms with Gasteiger partial charge in [0.05, 0.1) is 12.2 Å². The van der Waals surface area contributed by atoms with Crippen LogP contribution < -0.4 is 0 Å². The molecule has 1 aromatic heterocycles. The van der Waals surface area contributed by atoms with E-state index < -0.39 is 0 Å². The summed E-state index contributed by atoms with van der Waals surface area (Å²) in [7, 11) is 1.80. The fraction of sp³-hybridized carbons (Fsp3) is 0.636. The lowest BCUT2D eigenvalue weighted by atomic mass is 10.1. The molecule has 1 amide bonds. The van der Waals surface area contributed by atoms with Crippen LogP contribution >= 0.6 is 0 Å². The van der Waals surface area contributed by atoms with Gasteiger partial charge in [-0.2, -0.15) is 0 Å². The topological polar surface area (TPSA) is 46.3 Å². The molecule has 4 nitrogen and oxygen atoms in total. The summed E-state index contributed by atoms with van der Waals surface area (Å²) in [5.41, 5.74) is 1.86. The van der Waals surface area contributed by atoms with E-state index in [1.165, 1.54) is 0 Å². The molecule has 0 saturated carbocycles. The van der Waals surface area contributed by atoms with Gasteiger partial charge in [-0.3, -0.25) is 4.79 Å². The third kappa shape index (κ3) is 2.58. The second-order valence-corrected chi connectivity index (χ2v) is 4.15. The first-order valence-corrected chi connectivity index (χ1v) is 5.10. The van der Waals surface area contributed by atoms with Crippen LogP contribution in [0.15, 0.2) is 4.52 Å². The third-order valence-corrected chi connectivity index (χ3v) is 2.45. The molecular formula is C11H18N2O2. The molecule has 0 fully saturated rings. The Hall–Kier alpha value is -1.32. The normalized spacial score (nSPS) is 10.8. The van der Waals surface area contributed by atoms with Crippen LogP contribution in [0.2, 0.25) is 0 Å². The van der Waals surface area contributed by atoms with E-state index in [4.69, 9.17) is 4.52 Å². The largest absolute Gasteiger partial charge is 0.361 e. The van der Waals surface area contributed by atoms with Crippen molar-refractivity contribution in [2.75, 3.05) is 7.05 Å². The fourth-order valence-corrected chi connectivity index (χ4v) is 1.48. The fourth-order valence-electron chi connectivity index (χ4n) is 1.48. The monoisotopic (exact) mass is 210 g/mol. The van der Waals surface area contributed by atoms with Crippen LogP contribution in [0.5, 0.6) is 0 Å². The van der Waals surface area contributed by atoms with E-state index in [1.807, 2.05) is 27.7 Å².